The number of nitrogens with two attached hydrogens (primary N) is 1. The monoisotopic (exact) mass is 314 g/mol. The first-order valence-corrected chi connectivity index (χ1v) is 7.87. The van der Waals surface area contributed by atoms with Crippen molar-refractivity contribution in [2.45, 2.75) is 11.3 Å². The first-order chi connectivity index (χ1) is 9.96. The molecule has 0 heterocycles. The van der Waals surface area contributed by atoms with E-state index in [4.69, 9.17) is 5.73 Å². The summed E-state index contributed by atoms with van der Waals surface area (Å²) in [6.45, 7) is -1.02. The molecule has 0 radical (unpaired) electrons. The van der Waals surface area contributed by atoms with E-state index in [1.807, 2.05) is 0 Å². The lowest BCUT2D eigenvalue weighted by Crippen LogP contribution is -2.38. The maximum absolute atomic E-state index is 12.6. The average molecular weight is 314 g/mol. The normalized spacial score (nSPS) is 12.4. The maximum Gasteiger partial charge on any atom is 0.252 e. The van der Waals surface area contributed by atoms with Crippen LogP contribution in [0.25, 0.3) is 10.8 Å². The Balaban J connectivity index is 2.54. The van der Waals surface area contributed by atoms with Gasteiger partial charge in [0.05, 0.1) is 11.4 Å². The summed E-state index contributed by atoms with van der Waals surface area (Å²) >= 11 is 0. The van der Waals surface area contributed by atoms with Crippen LogP contribution in [-0.4, -0.2) is 38.8 Å². The minimum atomic E-state index is -4.01. The molecule has 0 unspecified atom stereocenters. The summed E-state index contributed by atoms with van der Waals surface area (Å²) in [4.78, 5) is 0.0229. The van der Waals surface area contributed by atoms with Gasteiger partial charge in [0.25, 0.3) is 6.43 Å². The topological polar surface area (TPSA) is 63.4 Å². The molecule has 0 bridgehead atoms. The van der Waals surface area contributed by atoms with Crippen molar-refractivity contribution >= 4 is 20.8 Å². The molecule has 0 aliphatic heterocycles. The quantitative estimate of drug-likeness (QED) is 0.887. The Morgan fingerprint density at radius 2 is 1.76 bits per heavy atom. The molecule has 7 heteroatoms. The predicted octanol–water partition coefficient (Wildman–Crippen LogP) is 2.05. The fourth-order valence-electron chi connectivity index (χ4n) is 2.17. The van der Waals surface area contributed by atoms with E-state index in [0.29, 0.717) is 5.39 Å². The van der Waals surface area contributed by atoms with E-state index in [1.165, 1.54) is 6.07 Å². The molecule has 0 atom stereocenters. The molecule has 2 N–H and O–H groups in total. The molecule has 0 aromatic heterocycles. The van der Waals surface area contributed by atoms with Crippen LogP contribution in [0.2, 0.25) is 0 Å². The number of hydrogen-bond donors (Lipinski definition) is 1. The molecular formula is C14H16F2N2O2S. The van der Waals surface area contributed by atoms with Crippen LogP contribution in [0.5, 0.6) is 0 Å². The third kappa shape index (κ3) is 3.37. The number of halogens is 2. The maximum atomic E-state index is 12.6. The Kier molecular flexibility index (Phi) is 4.87. The van der Waals surface area contributed by atoms with Crippen molar-refractivity contribution < 1.29 is 17.2 Å². The average Bonchev–Trinajstić information content (AvgIpc) is 2.45. The molecule has 0 saturated carbocycles. The van der Waals surface area contributed by atoms with Crippen molar-refractivity contribution in [1.82, 2.24) is 4.31 Å². The van der Waals surface area contributed by atoms with Gasteiger partial charge in [-0.3, -0.25) is 0 Å². The van der Waals surface area contributed by atoms with Crippen molar-refractivity contribution in [3.8, 4) is 0 Å². The lowest BCUT2D eigenvalue weighted by atomic mass is 10.1. The molecule has 0 aliphatic carbocycles. The van der Waals surface area contributed by atoms with Gasteiger partial charge in [-0.15, -0.1) is 0 Å². The van der Waals surface area contributed by atoms with Crippen molar-refractivity contribution in [3.05, 3.63) is 42.5 Å². The third-order valence-electron chi connectivity index (χ3n) is 3.09. The number of fused-ring (bicyclic) bond motifs is 1. The van der Waals surface area contributed by atoms with Gasteiger partial charge in [0.15, 0.2) is 0 Å². The van der Waals surface area contributed by atoms with Gasteiger partial charge in [0.1, 0.15) is 0 Å². The molecule has 0 spiro atoms. The molecule has 0 saturated heterocycles. The van der Waals surface area contributed by atoms with E-state index >= 15 is 0 Å². The number of benzene rings is 2. The van der Waals surface area contributed by atoms with Gasteiger partial charge in [-0.25, -0.2) is 17.2 Å². The summed E-state index contributed by atoms with van der Waals surface area (Å²) in [7, 11) is -4.01. The largest absolute Gasteiger partial charge is 0.329 e. The van der Waals surface area contributed by atoms with Crippen molar-refractivity contribution in [2.75, 3.05) is 19.6 Å². The Hall–Kier alpha value is -1.57. The second kappa shape index (κ2) is 6.46. The summed E-state index contributed by atoms with van der Waals surface area (Å²) in [6, 6.07) is 11.7. The second-order valence-corrected chi connectivity index (χ2v) is 6.43. The first kappa shape index (κ1) is 15.8. The van der Waals surface area contributed by atoms with Crippen molar-refractivity contribution in [3.63, 3.8) is 0 Å². The zero-order chi connectivity index (χ0) is 15.5. The van der Waals surface area contributed by atoms with Crippen LogP contribution < -0.4 is 5.73 Å². The summed E-state index contributed by atoms with van der Waals surface area (Å²) in [5.41, 5.74) is 5.34. The highest BCUT2D eigenvalue weighted by Gasteiger charge is 2.27. The number of alkyl halides is 2. The molecule has 2 rings (SSSR count). The number of sulfonamides is 1. The van der Waals surface area contributed by atoms with Crippen LogP contribution in [0.15, 0.2) is 47.4 Å². The van der Waals surface area contributed by atoms with Gasteiger partial charge in [-0.2, -0.15) is 4.31 Å². The van der Waals surface area contributed by atoms with Gasteiger partial charge in [0, 0.05) is 18.5 Å². The van der Waals surface area contributed by atoms with Gasteiger partial charge >= 0.3 is 0 Å². The van der Waals surface area contributed by atoms with E-state index < -0.39 is 23.0 Å². The van der Waals surface area contributed by atoms with Crippen LogP contribution in [0.3, 0.4) is 0 Å². The molecule has 2 aromatic carbocycles. The predicted molar refractivity (Wildman–Crippen MR) is 77.8 cm³/mol. The molecule has 0 fully saturated rings. The van der Waals surface area contributed by atoms with E-state index in [1.54, 1.807) is 36.4 Å². The van der Waals surface area contributed by atoms with Crippen LogP contribution in [0.4, 0.5) is 8.78 Å². The molecule has 0 aliphatic rings. The van der Waals surface area contributed by atoms with E-state index in [9.17, 15) is 17.2 Å². The highest BCUT2D eigenvalue weighted by Crippen LogP contribution is 2.25. The Bertz CT molecular complexity index is 714. The summed E-state index contributed by atoms with van der Waals surface area (Å²) < 4.78 is 51.2. The van der Waals surface area contributed by atoms with Crippen molar-refractivity contribution in [1.29, 1.82) is 0 Å². The van der Waals surface area contributed by atoms with E-state index in [2.05, 4.69) is 0 Å². The van der Waals surface area contributed by atoms with Crippen LogP contribution in [-0.2, 0) is 10.0 Å². The molecule has 21 heavy (non-hydrogen) atoms. The van der Waals surface area contributed by atoms with Gasteiger partial charge in [0.2, 0.25) is 10.0 Å². The summed E-state index contributed by atoms with van der Waals surface area (Å²) in [5, 5.41) is 1.25. The van der Waals surface area contributed by atoms with Gasteiger partial charge in [-0.05, 0) is 11.5 Å². The lowest BCUT2D eigenvalue weighted by molar-refractivity contribution is 0.120. The summed E-state index contributed by atoms with van der Waals surface area (Å²) in [5.74, 6) is 0. The minimum Gasteiger partial charge on any atom is -0.329 e. The Labute approximate surface area is 122 Å². The first-order valence-electron chi connectivity index (χ1n) is 6.43. The van der Waals surface area contributed by atoms with E-state index in [0.717, 1.165) is 9.69 Å². The standard InChI is InChI=1S/C14H16F2N2O2S/c15-14(16)10-18(9-8-17)21(19,20)13-7-3-5-11-4-1-2-6-12(11)13/h1-7,14H,8-10,17H2. The Morgan fingerprint density at radius 1 is 1.10 bits per heavy atom. The number of rotatable bonds is 6. The smallest absolute Gasteiger partial charge is 0.252 e. The third-order valence-corrected chi connectivity index (χ3v) is 5.01. The van der Waals surface area contributed by atoms with Crippen LogP contribution >= 0.6 is 0 Å². The zero-order valence-corrected chi connectivity index (χ0v) is 12.1. The van der Waals surface area contributed by atoms with E-state index in [-0.39, 0.29) is 18.0 Å². The van der Waals surface area contributed by atoms with Crippen LogP contribution in [0, 0.1) is 0 Å². The van der Waals surface area contributed by atoms with Gasteiger partial charge in [-0.1, -0.05) is 36.4 Å². The molecule has 0 amide bonds. The summed E-state index contributed by atoms with van der Waals surface area (Å²) in [6.07, 6.45) is -2.75. The van der Waals surface area contributed by atoms with Crippen LogP contribution in [0.1, 0.15) is 0 Å². The Morgan fingerprint density at radius 3 is 2.43 bits per heavy atom. The molecule has 4 nitrogen and oxygen atoms in total. The highest BCUT2D eigenvalue weighted by molar-refractivity contribution is 7.89. The second-order valence-electron chi connectivity index (χ2n) is 4.52. The van der Waals surface area contributed by atoms with Crippen molar-refractivity contribution in [2.24, 2.45) is 5.73 Å². The number of nitrogens with zero attached hydrogens (tertiary/aromatic N) is 1. The molecule has 2 aromatic rings. The highest BCUT2D eigenvalue weighted by atomic mass is 32.2. The zero-order valence-electron chi connectivity index (χ0n) is 11.2. The SMILES string of the molecule is NCCN(CC(F)F)S(=O)(=O)c1cccc2ccccc12. The lowest BCUT2D eigenvalue weighted by Gasteiger charge is -2.22. The van der Waals surface area contributed by atoms with Gasteiger partial charge < -0.3 is 5.73 Å². The minimum absolute atomic E-state index is 0.0171. The fraction of sp³-hybridized carbons (Fsp3) is 0.286. The molecular weight excluding hydrogens is 298 g/mol. The fourth-order valence-corrected chi connectivity index (χ4v) is 3.81. The number of hydrogen-bond acceptors (Lipinski definition) is 3. The molecule has 114 valence electrons.